The van der Waals surface area contributed by atoms with Crippen LogP contribution < -0.4 is 10.6 Å². The van der Waals surface area contributed by atoms with E-state index in [1.165, 1.54) is 4.31 Å². The number of rotatable bonds is 6. The Bertz CT molecular complexity index is 743. The van der Waals surface area contributed by atoms with Gasteiger partial charge in [0.2, 0.25) is 10.0 Å². The first-order valence-corrected chi connectivity index (χ1v) is 10.7. The van der Waals surface area contributed by atoms with Gasteiger partial charge in [-0.05, 0) is 24.6 Å². The number of halogens is 3. The summed E-state index contributed by atoms with van der Waals surface area (Å²) in [6.45, 7) is 3.88. The van der Waals surface area contributed by atoms with Crippen LogP contribution in [0.1, 0.15) is 18.5 Å². The third-order valence-electron chi connectivity index (χ3n) is 4.02. The topological polar surface area (TPSA) is 83.0 Å². The van der Waals surface area contributed by atoms with Crippen molar-refractivity contribution < 1.29 is 13.2 Å². The molecular weight excluding hydrogens is 526 g/mol. The van der Waals surface area contributed by atoms with Gasteiger partial charge in [-0.15, -0.1) is 24.0 Å². The Labute approximate surface area is 187 Å². The first-order chi connectivity index (χ1) is 12.3. The van der Waals surface area contributed by atoms with Gasteiger partial charge in [0.05, 0.1) is 25.0 Å². The van der Waals surface area contributed by atoms with Gasteiger partial charge in [0, 0.05) is 36.7 Å². The van der Waals surface area contributed by atoms with E-state index in [4.69, 9.17) is 27.9 Å². The maximum Gasteiger partial charge on any atom is 0.215 e. The molecule has 2 rings (SSSR count). The highest BCUT2D eigenvalue weighted by Crippen LogP contribution is 2.25. The van der Waals surface area contributed by atoms with Crippen LogP contribution in [0.3, 0.4) is 0 Å². The number of ether oxygens (including phenoxy) is 1. The van der Waals surface area contributed by atoms with Gasteiger partial charge in [-0.1, -0.05) is 29.3 Å². The summed E-state index contributed by atoms with van der Waals surface area (Å²) in [7, 11) is -1.68. The number of morpholine rings is 1. The fourth-order valence-corrected chi connectivity index (χ4v) is 4.48. The van der Waals surface area contributed by atoms with Gasteiger partial charge in [-0.3, -0.25) is 4.99 Å². The molecule has 1 atom stereocenters. The first-order valence-electron chi connectivity index (χ1n) is 8.31. The molecule has 0 bridgehead atoms. The van der Waals surface area contributed by atoms with Crippen LogP contribution in [0.15, 0.2) is 23.2 Å². The van der Waals surface area contributed by atoms with Crippen molar-refractivity contribution in [1.82, 2.24) is 14.9 Å². The van der Waals surface area contributed by atoms with E-state index in [1.807, 2.05) is 13.0 Å². The molecule has 1 aromatic carbocycles. The highest BCUT2D eigenvalue weighted by Gasteiger charge is 2.24. The summed E-state index contributed by atoms with van der Waals surface area (Å²) in [4.78, 5) is 4.13. The van der Waals surface area contributed by atoms with Crippen LogP contribution >= 0.6 is 47.2 Å². The van der Waals surface area contributed by atoms with Crippen molar-refractivity contribution in [2.24, 2.45) is 4.99 Å². The van der Waals surface area contributed by atoms with Gasteiger partial charge in [0.1, 0.15) is 0 Å². The molecule has 1 fully saturated rings. The average Bonchev–Trinajstić information content (AvgIpc) is 2.61. The maximum atomic E-state index is 12.3. The molecule has 0 aromatic heterocycles. The van der Waals surface area contributed by atoms with E-state index in [0.29, 0.717) is 42.3 Å². The second-order valence-electron chi connectivity index (χ2n) is 5.86. The molecule has 154 valence electrons. The maximum absolute atomic E-state index is 12.3. The molecule has 2 N–H and O–H groups in total. The summed E-state index contributed by atoms with van der Waals surface area (Å²) in [5.74, 6) is 0.491. The zero-order chi connectivity index (χ0) is 19.2. The Morgan fingerprint density at radius 1 is 1.33 bits per heavy atom. The van der Waals surface area contributed by atoms with Crippen molar-refractivity contribution in [1.29, 1.82) is 0 Å². The predicted molar refractivity (Wildman–Crippen MR) is 121 cm³/mol. The predicted octanol–water partition coefficient (Wildman–Crippen LogP) is 2.50. The average molecular weight is 551 g/mol. The molecule has 1 unspecified atom stereocenters. The van der Waals surface area contributed by atoms with Crippen molar-refractivity contribution in [3.8, 4) is 0 Å². The molecule has 27 heavy (non-hydrogen) atoms. The van der Waals surface area contributed by atoms with E-state index in [9.17, 15) is 8.42 Å². The minimum absolute atomic E-state index is 0. The Morgan fingerprint density at radius 2 is 2.00 bits per heavy atom. The number of nitrogens with zero attached hydrogens (tertiary/aromatic N) is 2. The smallest absolute Gasteiger partial charge is 0.215 e. The van der Waals surface area contributed by atoms with Crippen LogP contribution in [0.25, 0.3) is 0 Å². The minimum Gasteiger partial charge on any atom is -0.379 e. The van der Waals surface area contributed by atoms with Crippen LogP contribution in [-0.4, -0.2) is 64.3 Å². The summed E-state index contributed by atoms with van der Waals surface area (Å²) in [6.07, 6.45) is 0. The largest absolute Gasteiger partial charge is 0.379 e. The van der Waals surface area contributed by atoms with Crippen LogP contribution in [0.4, 0.5) is 0 Å². The first kappa shape index (κ1) is 24.7. The third-order valence-corrected chi connectivity index (χ3v) is 6.46. The SMILES string of the molecule is CN=C(NCCS(=O)(=O)N1CCOCC1)NC(C)c1ccc(Cl)cc1Cl.I. The molecule has 7 nitrogen and oxygen atoms in total. The fourth-order valence-electron chi connectivity index (χ4n) is 2.58. The molecule has 1 aliphatic heterocycles. The lowest BCUT2D eigenvalue weighted by Crippen LogP contribution is -2.45. The van der Waals surface area contributed by atoms with Crippen molar-refractivity contribution in [3.63, 3.8) is 0 Å². The number of sulfonamides is 1. The van der Waals surface area contributed by atoms with E-state index in [-0.39, 0.29) is 42.3 Å². The Kier molecular flexibility index (Phi) is 10.6. The van der Waals surface area contributed by atoms with Gasteiger partial charge >= 0.3 is 0 Å². The van der Waals surface area contributed by atoms with Crippen LogP contribution in [0, 0.1) is 0 Å². The summed E-state index contributed by atoms with van der Waals surface area (Å²) in [5.41, 5.74) is 0.875. The van der Waals surface area contributed by atoms with Crippen molar-refractivity contribution in [2.75, 3.05) is 45.6 Å². The summed E-state index contributed by atoms with van der Waals surface area (Å²) in [6, 6.07) is 5.17. The van der Waals surface area contributed by atoms with Gasteiger partial charge in [-0.25, -0.2) is 8.42 Å². The molecule has 1 aliphatic rings. The van der Waals surface area contributed by atoms with Crippen molar-refractivity contribution in [2.45, 2.75) is 13.0 Å². The fraction of sp³-hybridized carbons (Fsp3) is 0.562. The Balaban J connectivity index is 0.00000364. The monoisotopic (exact) mass is 550 g/mol. The lowest BCUT2D eigenvalue weighted by Gasteiger charge is -2.26. The number of benzene rings is 1. The van der Waals surface area contributed by atoms with Crippen LogP contribution in [-0.2, 0) is 14.8 Å². The lowest BCUT2D eigenvalue weighted by atomic mass is 10.1. The molecule has 11 heteroatoms. The highest BCUT2D eigenvalue weighted by molar-refractivity contribution is 14.0. The third kappa shape index (κ3) is 7.54. The van der Waals surface area contributed by atoms with Crippen LogP contribution in [0.5, 0.6) is 0 Å². The Hall–Kier alpha value is -0.330. The second-order valence-corrected chi connectivity index (χ2v) is 8.79. The van der Waals surface area contributed by atoms with Crippen LogP contribution in [0.2, 0.25) is 10.0 Å². The molecule has 0 aliphatic carbocycles. The summed E-state index contributed by atoms with van der Waals surface area (Å²) in [5, 5.41) is 7.35. The molecule has 0 amide bonds. The molecule has 1 saturated heterocycles. The number of nitrogens with one attached hydrogen (secondary N) is 2. The molecule has 0 radical (unpaired) electrons. The number of hydrogen-bond acceptors (Lipinski definition) is 4. The van der Waals surface area contributed by atoms with E-state index in [1.54, 1.807) is 19.2 Å². The van der Waals surface area contributed by atoms with Crippen molar-refractivity contribution in [3.05, 3.63) is 33.8 Å². The minimum atomic E-state index is -3.31. The number of aliphatic imine (C=N–C) groups is 1. The summed E-state index contributed by atoms with van der Waals surface area (Å²) >= 11 is 12.1. The molecular formula is C16H25Cl2IN4O3S. The second kappa shape index (κ2) is 11.6. The zero-order valence-electron chi connectivity index (χ0n) is 15.2. The van der Waals surface area contributed by atoms with E-state index >= 15 is 0 Å². The van der Waals surface area contributed by atoms with Gasteiger partial charge in [0.25, 0.3) is 0 Å². The van der Waals surface area contributed by atoms with Gasteiger partial charge in [0.15, 0.2) is 5.96 Å². The molecule has 0 saturated carbocycles. The summed E-state index contributed by atoms with van der Waals surface area (Å²) < 4.78 is 31.3. The number of hydrogen-bond donors (Lipinski definition) is 2. The zero-order valence-corrected chi connectivity index (χ0v) is 19.9. The molecule has 0 spiro atoms. The molecule has 1 heterocycles. The van der Waals surface area contributed by atoms with E-state index in [2.05, 4.69) is 15.6 Å². The van der Waals surface area contributed by atoms with E-state index in [0.717, 1.165) is 5.56 Å². The standard InChI is InChI=1S/C16H24Cl2N4O3S.HI/c1-12(14-4-3-13(17)11-15(14)18)21-16(19-2)20-5-10-26(23,24)22-6-8-25-9-7-22;/h3-4,11-12H,5-10H2,1-2H3,(H2,19,20,21);1H. The normalized spacial score (nSPS) is 17.1. The van der Waals surface area contributed by atoms with Gasteiger partial charge in [-0.2, -0.15) is 4.31 Å². The Morgan fingerprint density at radius 3 is 2.59 bits per heavy atom. The number of guanidine groups is 1. The van der Waals surface area contributed by atoms with Gasteiger partial charge < -0.3 is 15.4 Å². The lowest BCUT2D eigenvalue weighted by molar-refractivity contribution is 0.0730. The molecule has 1 aromatic rings. The quantitative estimate of drug-likeness (QED) is 0.323. The van der Waals surface area contributed by atoms with Crippen molar-refractivity contribution >= 4 is 63.2 Å². The highest BCUT2D eigenvalue weighted by atomic mass is 127. The van der Waals surface area contributed by atoms with E-state index < -0.39 is 10.0 Å².